The van der Waals surface area contributed by atoms with Crippen molar-refractivity contribution < 1.29 is 18.0 Å². The number of piperidine rings is 1. The van der Waals surface area contributed by atoms with Crippen LogP contribution in [0.2, 0.25) is 0 Å². The van der Waals surface area contributed by atoms with Gasteiger partial charge < -0.3 is 4.90 Å². The molecule has 1 heterocycles. The van der Waals surface area contributed by atoms with Gasteiger partial charge in [0.25, 0.3) is 0 Å². The number of Topliss-reactive ketones (excluding diaryl/α,β-unsaturated/α-hetero) is 1. The molecule has 0 bridgehead atoms. The maximum Gasteiger partial charge on any atom is 0.236 e. The molecule has 0 aromatic carbocycles. The summed E-state index contributed by atoms with van der Waals surface area (Å²) in [5.41, 5.74) is -0.820. The van der Waals surface area contributed by atoms with Gasteiger partial charge in [-0.15, -0.1) is 0 Å². The first-order chi connectivity index (χ1) is 8.27. The molecule has 2 aliphatic rings. The second-order valence-corrected chi connectivity index (χ2v) is 7.81. The third-order valence-electron chi connectivity index (χ3n) is 4.10. The van der Waals surface area contributed by atoms with E-state index in [0.717, 1.165) is 0 Å². The molecule has 0 N–H and O–H groups in total. The van der Waals surface area contributed by atoms with Crippen LogP contribution >= 0.6 is 0 Å². The van der Waals surface area contributed by atoms with Crippen molar-refractivity contribution in [2.45, 2.75) is 37.9 Å². The molecule has 1 saturated carbocycles. The molecule has 1 aliphatic heterocycles. The van der Waals surface area contributed by atoms with Crippen molar-refractivity contribution >= 4 is 21.5 Å². The molecule has 2 rings (SSSR count). The Bertz CT molecular complexity index is 478. The molecule has 2 fully saturated rings. The van der Waals surface area contributed by atoms with Crippen molar-refractivity contribution in [3.05, 3.63) is 0 Å². The van der Waals surface area contributed by atoms with Crippen molar-refractivity contribution in [1.29, 1.82) is 0 Å². The Kier molecular flexibility index (Phi) is 3.25. The summed E-state index contributed by atoms with van der Waals surface area (Å²) in [5.74, 6) is -0.252. The van der Waals surface area contributed by atoms with Crippen molar-refractivity contribution in [2.24, 2.45) is 5.41 Å². The smallest absolute Gasteiger partial charge is 0.236 e. The fourth-order valence-corrected chi connectivity index (χ4v) is 3.66. The van der Waals surface area contributed by atoms with E-state index >= 15 is 0 Å². The first-order valence-corrected chi connectivity index (χ1v) is 8.22. The molecule has 1 atom stereocenters. The molecule has 0 aromatic heterocycles. The average Bonchev–Trinajstić information content (AvgIpc) is 3.08. The molecule has 5 nitrogen and oxygen atoms in total. The van der Waals surface area contributed by atoms with E-state index in [9.17, 15) is 18.0 Å². The maximum atomic E-state index is 12.3. The molecule has 1 unspecified atom stereocenters. The van der Waals surface area contributed by atoms with Gasteiger partial charge in [-0.05, 0) is 32.6 Å². The van der Waals surface area contributed by atoms with Gasteiger partial charge in [0.1, 0.15) is 11.2 Å². The summed E-state index contributed by atoms with van der Waals surface area (Å²) in [6.07, 6.45) is 3.74. The highest BCUT2D eigenvalue weighted by atomic mass is 32.2. The van der Waals surface area contributed by atoms with Gasteiger partial charge in [-0.2, -0.15) is 0 Å². The zero-order chi connectivity index (χ0) is 13.6. The fourth-order valence-electron chi connectivity index (χ4n) is 2.62. The second kappa shape index (κ2) is 4.33. The number of sulfone groups is 1. The summed E-state index contributed by atoms with van der Waals surface area (Å²) in [6, 6.07) is 0. The summed E-state index contributed by atoms with van der Waals surface area (Å²) >= 11 is 0. The van der Waals surface area contributed by atoms with Crippen LogP contribution in [0, 0.1) is 5.41 Å². The number of rotatable bonds is 3. The number of amides is 1. The minimum atomic E-state index is -3.12. The minimum Gasteiger partial charge on any atom is -0.341 e. The Labute approximate surface area is 107 Å². The molecule has 18 heavy (non-hydrogen) atoms. The lowest BCUT2D eigenvalue weighted by atomic mass is 9.98. The van der Waals surface area contributed by atoms with Crippen LogP contribution in [0.25, 0.3) is 0 Å². The van der Waals surface area contributed by atoms with Gasteiger partial charge in [0, 0.05) is 19.3 Å². The lowest BCUT2D eigenvalue weighted by molar-refractivity contribution is -0.143. The SMILES string of the molecule is CC(=O)C1(C(=O)N2CCCC(S(C)(=O)=O)C2)CC1. The molecule has 0 spiro atoms. The van der Waals surface area contributed by atoms with Gasteiger partial charge in [0.05, 0.1) is 5.25 Å². The molecule has 0 radical (unpaired) electrons. The van der Waals surface area contributed by atoms with E-state index in [0.29, 0.717) is 32.2 Å². The van der Waals surface area contributed by atoms with Crippen molar-refractivity contribution in [1.82, 2.24) is 4.90 Å². The lowest BCUT2D eigenvalue weighted by Gasteiger charge is -2.33. The van der Waals surface area contributed by atoms with Crippen molar-refractivity contribution in [3.63, 3.8) is 0 Å². The quantitative estimate of drug-likeness (QED) is 0.697. The Hall–Kier alpha value is -0.910. The second-order valence-electron chi connectivity index (χ2n) is 5.48. The fraction of sp³-hybridized carbons (Fsp3) is 0.833. The molecule has 1 amide bonds. The Morgan fingerprint density at radius 2 is 1.89 bits per heavy atom. The molecule has 1 aliphatic carbocycles. The van der Waals surface area contributed by atoms with Crippen LogP contribution < -0.4 is 0 Å². The normalized spacial score (nSPS) is 26.8. The number of hydrogen-bond acceptors (Lipinski definition) is 4. The van der Waals surface area contributed by atoms with Gasteiger partial charge in [-0.1, -0.05) is 0 Å². The molecule has 1 saturated heterocycles. The Morgan fingerprint density at radius 1 is 1.28 bits per heavy atom. The lowest BCUT2D eigenvalue weighted by Crippen LogP contribution is -2.48. The van der Waals surface area contributed by atoms with Gasteiger partial charge >= 0.3 is 0 Å². The number of likely N-dealkylation sites (tertiary alicyclic amines) is 1. The summed E-state index contributed by atoms with van der Waals surface area (Å²) in [6.45, 7) is 2.26. The van der Waals surface area contributed by atoms with Gasteiger partial charge in [0.2, 0.25) is 5.91 Å². The monoisotopic (exact) mass is 273 g/mol. The maximum absolute atomic E-state index is 12.3. The van der Waals surface area contributed by atoms with Crippen LogP contribution in [-0.4, -0.2) is 49.6 Å². The van der Waals surface area contributed by atoms with E-state index in [1.165, 1.54) is 13.2 Å². The van der Waals surface area contributed by atoms with E-state index in [-0.39, 0.29) is 18.2 Å². The zero-order valence-electron chi connectivity index (χ0n) is 10.8. The topological polar surface area (TPSA) is 71.5 Å². The van der Waals surface area contributed by atoms with Crippen LogP contribution in [0.5, 0.6) is 0 Å². The predicted molar refractivity (Wildman–Crippen MR) is 66.8 cm³/mol. The van der Waals surface area contributed by atoms with E-state index < -0.39 is 20.5 Å². The highest BCUT2D eigenvalue weighted by Crippen LogP contribution is 2.48. The number of hydrogen-bond donors (Lipinski definition) is 0. The van der Waals surface area contributed by atoms with E-state index in [1.807, 2.05) is 0 Å². The third-order valence-corrected chi connectivity index (χ3v) is 5.70. The summed E-state index contributed by atoms with van der Waals surface area (Å²) < 4.78 is 23.1. The third kappa shape index (κ3) is 2.30. The molecular formula is C12H19NO4S. The van der Waals surface area contributed by atoms with Gasteiger partial charge in [-0.25, -0.2) is 8.42 Å². The summed E-state index contributed by atoms with van der Waals surface area (Å²) in [4.78, 5) is 25.4. The first kappa shape index (κ1) is 13.5. The van der Waals surface area contributed by atoms with Crippen molar-refractivity contribution in [2.75, 3.05) is 19.3 Å². The Balaban J connectivity index is 2.11. The van der Waals surface area contributed by atoms with Gasteiger partial charge in [0.15, 0.2) is 9.84 Å². The molecular weight excluding hydrogens is 254 g/mol. The number of ketones is 1. The van der Waals surface area contributed by atoms with E-state index in [2.05, 4.69) is 0 Å². The van der Waals surface area contributed by atoms with Crippen LogP contribution in [0.1, 0.15) is 32.6 Å². The number of nitrogens with zero attached hydrogens (tertiary/aromatic N) is 1. The zero-order valence-corrected chi connectivity index (χ0v) is 11.6. The first-order valence-electron chi connectivity index (χ1n) is 6.27. The average molecular weight is 273 g/mol. The standard InChI is InChI=1S/C12H19NO4S/c1-9(14)12(5-6-12)11(15)13-7-3-4-10(8-13)18(2,16)17/h10H,3-8H2,1-2H3. The summed E-state index contributed by atoms with van der Waals surface area (Å²) in [7, 11) is -3.12. The highest BCUT2D eigenvalue weighted by molar-refractivity contribution is 7.91. The van der Waals surface area contributed by atoms with Crippen LogP contribution in [-0.2, 0) is 19.4 Å². The van der Waals surface area contributed by atoms with Crippen LogP contribution in [0.15, 0.2) is 0 Å². The highest BCUT2D eigenvalue weighted by Gasteiger charge is 2.56. The Morgan fingerprint density at radius 3 is 2.33 bits per heavy atom. The van der Waals surface area contributed by atoms with Crippen molar-refractivity contribution in [3.8, 4) is 0 Å². The molecule has 6 heteroatoms. The van der Waals surface area contributed by atoms with E-state index in [4.69, 9.17) is 0 Å². The van der Waals surface area contributed by atoms with Crippen LogP contribution in [0.3, 0.4) is 0 Å². The predicted octanol–water partition coefficient (Wildman–Crippen LogP) is 0.391. The minimum absolute atomic E-state index is 0.0889. The van der Waals surface area contributed by atoms with E-state index in [1.54, 1.807) is 4.90 Å². The number of carbonyl (C=O) groups excluding carboxylic acids is 2. The largest absolute Gasteiger partial charge is 0.341 e. The van der Waals surface area contributed by atoms with Crippen LogP contribution in [0.4, 0.5) is 0 Å². The molecule has 102 valence electrons. The van der Waals surface area contributed by atoms with Gasteiger partial charge in [-0.3, -0.25) is 9.59 Å². The number of carbonyl (C=O) groups is 2. The molecule has 0 aromatic rings. The summed E-state index contributed by atoms with van der Waals surface area (Å²) in [5, 5.41) is -0.474.